The van der Waals surface area contributed by atoms with E-state index in [0.29, 0.717) is 16.3 Å². The summed E-state index contributed by atoms with van der Waals surface area (Å²) >= 11 is 4.70. The summed E-state index contributed by atoms with van der Waals surface area (Å²) in [5.74, 6) is -1.91. The Balaban J connectivity index is 1.81. The molecule has 4 amide bonds. The van der Waals surface area contributed by atoms with E-state index in [1.165, 1.54) is 0 Å². The van der Waals surface area contributed by atoms with Crippen molar-refractivity contribution in [2.75, 3.05) is 6.54 Å². The molecule has 0 aliphatic carbocycles. The van der Waals surface area contributed by atoms with Crippen molar-refractivity contribution < 1.29 is 19.2 Å². The molecule has 1 fully saturated rings. The second-order valence-electron chi connectivity index (χ2n) is 6.40. The van der Waals surface area contributed by atoms with Gasteiger partial charge in [0.05, 0.1) is 0 Å². The van der Waals surface area contributed by atoms with Gasteiger partial charge in [0.1, 0.15) is 0 Å². The first kappa shape index (κ1) is 19.7. The minimum atomic E-state index is -0.939. The van der Waals surface area contributed by atoms with Crippen LogP contribution in [0.2, 0.25) is 0 Å². The Morgan fingerprint density at radius 2 is 2.07 bits per heavy atom. The Hall–Kier alpha value is -2.05. The molecule has 0 aromatic heterocycles. The number of benzene rings is 1. The van der Waals surface area contributed by atoms with Crippen molar-refractivity contribution in [3.05, 3.63) is 34.9 Å². The van der Waals surface area contributed by atoms with Crippen molar-refractivity contribution >= 4 is 55.4 Å². The van der Waals surface area contributed by atoms with Gasteiger partial charge in [0.2, 0.25) is 0 Å². The van der Waals surface area contributed by atoms with Crippen LogP contribution in [-0.2, 0) is 14.8 Å². The fraction of sp³-hybridized carbons (Fsp3) is 0.389. The molecule has 3 rings (SSSR count). The SMILES string of the molecule is CCCNC(=S)[AsH]Cc1cccc2c1C(=O)N(C1CCC(=O)NC1=O)C2=O. The number of carbonyl (C=O) groups excluding carboxylic acids is 4. The third-order valence-electron chi connectivity index (χ3n) is 4.53. The maximum atomic E-state index is 13.0. The molecule has 7 nitrogen and oxygen atoms in total. The van der Waals surface area contributed by atoms with Crippen LogP contribution in [0.15, 0.2) is 18.2 Å². The summed E-state index contributed by atoms with van der Waals surface area (Å²) in [6.07, 6.45) is 1.26. The van der Waals surface area contributed by atoms with E-state index in [0.717, 1.165) is 27.2 Å². The molecular weight excluding hydrogens is 429 g/mol. The number of fused-ring (bicyclic) bond motifs is 1. The Kier molecular flexibility index (Phi) is 6.07. The number of amides is 4. The van der Waals surface area contributed by atoms with Gasteiger partial charge >= 0.3 is 169 Å². The van der Waals surface area contributed by atoms with Crippen molar-refractivity contribution in [3.63, 3.8) is 0 Å². The van der Waals surface area contributed by atoms with Crippen molar-refractivity contribution in [2.45, 2.75) is 37.4 Å². The van der Waals surface area contributed by atoms with Crippen molar-refractivity contribution in [1.82, 2.24) is 15.5 Å². The molecule has 9 heteroatoms. The molecule has 0 radical (unpaired) electrons. The standard InChI is InChI=1S/C18H20AsN3O4S/c1-2-8-20-18(27)19-9-10-4-3-5-11-14(10)17(26)22(16(11)25)12-6-7-13(23)21-15(12)24/h3-5,12,19H,2,6-9H2,1H3,(H,20,27)(H,21,23,24). The molecular formula is C18H20AsN3O4S. The minimum absolute atomic E-state index is 0.111. The third-order valence-corrected chi connectivity index (χ3v) is 7.64. The van der Waals surface area contributed by atoms with E-state index in [2.05, 4.69) is 17.6 Å². The number of nitrogens with one attached hydrogen (secondary N) is 2. The number of rotatable bonds is 6. The number of hydrogen-bond donors (Lipinski definition) is 2. The van der Waals surface area contributed by atoms with E-state index in [4.69, 9.17) is 12.2 Å². The zero-order valence-electron chi connectivity index (χ0n) is 14.8. The first-order valence-corrected chi connectivity index (χ1v) is 11.7. The summed E-state index contributed by atoms with van der Waals surface area (Å²) in [4.78, 5) is 50.3. The Labute approximate surface area is 168 Å². The molecule has 2 heterocycles. The third kappa shape index (κ3) is 3.96. The number of piperidine rings is 1. The van der Waals surface area contributed by atoms with Crippen LogP contribution in [0.4, 0.5) is 0 Å². The Morgan fingerprint density at radius 1 is 1.30 bits per heavy atom. The van der Waals surface area contributed by atoms with Gasteiger partial charge in [-0.05, 0) is 0 Å². The second kappa shape index (κ2) is 8.31. The molecule has 2 aliphatic heterocycles. The number of hydrogen-bond acceptors (Lipinski definition) is 5. The van der Waals surface area contributed by atoms with Crippen LogP contribution in [0, 0.1) is 0 Å². The predicted octanol–water partition coefficient (Wildman–Crippen LogP) is 0.309. The summed E-state index contributed by atoms with van der Waals surface area (Å²) in [5.41, 5.74) is 1.48. The van der Waals surface area contributed by atoms with Crippen LogP contribution < -0.4 is 10.6 Å². The van der Waals surface area contributed by atoms with Gasteiger partial charge in [0, 0.05) is 0 Å². The van der Waals surface area contributed by atoms with Crippen LogP contribution >= 0.6 is 12.2 Å². The first-order valence-electron chi connectivity index (χ1n) is 8.79. The van der Waals surface area contributed by atoms with Crippen molar-refractivity contribution in [3.8, 4) is 0 Å². The van der Waals surface area contributed by atoms with E-state index < -0.39 is 39.5 Å². The first-order chi connectivity index (χ1) is 12.9. The monoisotopic (exact) mass is 449 g/mol. The van der Waals surface area contributed by atoms with E-state index >= 15 is 0 Å². The van der Waals surface area contributed by atoms with E-state index in [9.17, 15) is 19.2 Å². The van der Waals surface area contributed by atoms with Gasteiger partial charge in [0.15, 0.2) is 0 Å². The molecule has 0 saturated carbocycles. The van der Waals surface area contributed by atoms with Crippen LogP contribution in [0.5, 0.6) is 0 Å². The average molecular weight is 449 g/mol. The zero-order chi connectivity index (χ0) is 19.6. The molecule has 27 heavy (non-hydrogen) atoms. The number of imide groups is 2. The number of thiocarbonyl (C=S) groups is 1. The molecule has 1 saturated heterocycles. The average Bonchev–Trinajstić information content (AvgIpc) is 2.90. The molecule has 2 unspecified atom stereocenters. The van der Waals surface area contributed by atoms with Gasteiger partial charge in [-0.2, -0.15) is 0 Å². The van der Waals surface area contributed by atoms with Crippen LogP contribution in [0.3, 0.4) is 0 Å². The fourth-order valence-electron chi connectivity index (χ4n) is 3.21. The molecule has 2 aliphatic rings. The van der Waals surface area contributed by atoms with Gasteiger partial charge in [-0.3, -0.25) is 0 Å². The van der Waals surface area contributed by atoms with Crippen molar-refractivity contribution in [2.24, 2.45) is 0 Å². The van der Waals surface area contributed by atoms with Gasteiger partial charge in [-0.15, -0.1) is 0 Å². The zero-order valence-corrected chi connectivity index (χ0v) is 17.7. The van der Waals surface area contributed by atoms with Crippen molar-refractivity contribution in [1.29, 1.82) is 0 Å². The maximum absolute atomic E-state index is 13.0. The fourth-order valence-corrected chi connectivity index (χ4v) is 5.56. The molecule has 0 bridgehead atoms. The van der Waals surface area contributed by atoms with Gasteiger partial charge in [0.25, 0.3) is 0 Å². The molecule has 0 spiro atoms. The summed E-state index contributed by atoms with van der Waals surface area (Å²) in [6, 6.07) is 4.26. The number of nitrogens with zero attached hydrogens (tertiary/aromatic N) is 1. The number of carbonyl (C=O) groups is 4. The van der Waals surface area contributed by atoms with Gasteiger partial charge in [-0.1, -0.05) is 0 Å². The molecule has 1 aromatic rings. The van der Waals surface area contributed by atoms with Crippen LogP contribution in [-0.4, -0.2) is 60.6 Å². The Bertz CT molecular complexity index is 842. The summed E-state index contributed by atoms with van der Waals surface area (Å²) < 4.78 is 0.841. The van der Waals surface area contributed by atoms with E-state index in [-0.39, 0.29) is 18.7 Å². The van der Waals surface area contributed by atoms with Gasteiger partial charge < -0.3 is 0 Å². The molecule has 142 valence electrons. The Morgan fingerprint density at radius 3 is 2.78 bits per heavy atom. The molecule has 2 N–H and O–H groups in total. The predicted molar refractivity (Wildman–Crippen MR) is 105 cm³/mol. The summed E-state index contributed by atoms with van der Waals surface area (Å²) in [6.45, 7) is 2.89. The topological polar surface area (TPSA) is 95.6 Å². The second-order valence-corrected chi connectivity index (χ2v) is 10.1. The normalized spacial score (nSPS) is 19.6. The molecule has 1 aromatic carbocycles. The summed E-state index contributed by atoms with van der Waals surface area (Å²) in [7, 11) is 0. The van der Waals surface area contributed by atoms with E-state index in [1.54, 1.807) is 12.1 Å². The van der Waals surface area contributed by atoms with Gasteiger partial charge in [-0.25, -0.2) is 0 Å². The summed E-state index contributed by atoms with van der Waals surface area (Å²) in [5, 5.41) is 6.06. The quantitative estimate of drug-likeness (QED) is 0.369. The van der Waals surface area contributed by atoms with E-state index in [1.807, 2.05) is 6.07 Å². The molecule has 2 atom stereocenters. The van der Waals surface area contributed by atoms with Crippen LogP contribution in [0.25, 0.3) is 0 Å². The van der Waals surface area contributed by atoms with Crippen LogP contribution in [0.1, 0.15) is 52.5 Å².